The van der Waals surface area contributed by atoms with Gasteiger partial charge in [-0.1, -0.05) is 29.8 Å². The molecule has 0 unspecified atom stereocenters. The van der Waals surface area contributed by atoms with E-state index in [9.17, 15) is 0 Å². The molecular weight excluding hydrogens is 230 g/mol. The fourth-order valence-corrected chi connectivity index (χ4v) is 2.59. The van der Waals surface area contributed by atoms with Crippen LogP contribution < -0.4 is 0 Å². The van der Waals surface area contributed by atoms with Gasteiger partial charge in [-0.15, -0.1) is 0 Å². The van der Waals surface area contributed by atoms with E-state index in [-0.39, 0.29) is 0 Å². The van der Waals surface area contributed by atoms with Gasteiger partial charge in [0.05, 0.1) is 0 Å². The number of halogens is 1. The number of allylic oxidation sites excluding steroid dienone is 1. The summed E-state index contributed by atoms with van der Waals surface area (Å²) in [5.74, 6) is 0. The third-order valence-electron chi connectivity index (χ3n) is 3.13. The first-order chi connectivity index (χ1) is 8.34. The Morgan fingerprint density at radius 2 is 2.06 bits per heavy atom. The minimum atomic E-state index is 0.886. The van der Waals surface area contributed by atoms with Gasteiger partial charge in [-0.3, -0.25) is 4.98 Å². The van der Waals surface area contributed by atoms with E-state index in [4.69, 9.17) is 11.6 Å². The highest BCUT2D eigenvalue weighted by Gasteiger charge is 2.17. The largest absolute Gasteiger partial charge is 0.264 e. The van der Waals surface area contributed by atoms with E-state index in [1.807, 2.05) is 24.4 Å². The maximum absolute atomic E-state index is 6.20. The van der Waals surface area contributed by atoms with E-state index in [0.717, 1.165) is 23.4 Å². The average molecular weight is 242 g/mol. The molecule has 1 aromatic carbocycles. The molecule has 0 N–H and O–H groups in total. The number of rotatable bonds is 1. The fourth-order valence-electron chi connectivity index (χ4n) is 2.32. The number of hydrogen-bond donors (Lipinski definition) is 0. The predicted octanol–water partition coefficient (Wildman–Crippen LogP) is 4.22. The Kier molecular flexibility index (Phi) is 2.69. The molecule has 17 heavy (non-hydrogen) atoms. The van der Waals surface area contributed by atoms with Crippen molar-refractivity contribution in [3.8, 4) is 0 Å². The van der Waals surface area contributed by atoms with E-state index in [0.29, 0.717) is 0 Å². The van der Waals surface area contributed by atoms with E-state index >= 15 is 0 Å². The van der Waals surface area contributed by atoms with Gasteiger partial charge in [0.1, 0.15) is 0 Å². The molecule has 3 rings (SSSR count). The lowest BCUT2D eigenvalue weighted by Gasteiger charge is -2.02. The van der Waals surface area contributed by atoms with Crippen LogP contribution in [0.4, 0.5) is 0 Å². The first kappa shape index (κ1) is 10.5. The highest BCUT2D eigenvalue weighted by molar-refractivity contribution is 6.31. The van der Waals surface area contributed by atoms with E-state index in [2.05, 4.69) is 23.2 Å². The van der Waals surface area contributed by atoms with E-state index in [1.165, 1.54) is 16.7 Å². The maximum Gasteiger partial charge on any atom is 0.0444 e. The minimum absolute atomic E-state index is 0.886. The minimum Gasteiger partial charge on any atom is -0.264 e. The van der Waals surface area contributed by atoms with Gasteiger partial charge in [0.25, 0.3) is 0 Å². The highest BCUT2D eigenvalue weighted by Crippen LogP contribution is 2.37. The Bertz CT molecular complexity index is 573. The molecule has 1 aromatic heterocycles. The molecule has 0 saturated heterocycles. The van der Waals surface area contributed by atoms with Crippen molar-refractivity contribution in [1.82, 2.24) is 4.98 Å². The molecule has 2 heteroatoms. The van der Waals surface area contributed by atoms with Crippen molar-refractivity contribution in [3.63, 3.8) is 0 Å². The number of aromatic nitrogens is 1. The van der Waals surface area contributed by atoms with E-state index in [1.54, 1.807) is 6.20 Å². The topological polar surface area (TPSA) is 12.9 Å². The second kappa shape index (κ2) is 4.34. The van der Waals surface area contributed by atoms with Gasteiger partial charge in [-0.25, -0.2) is 0 Å². The standard InChI is InChI=1S/C15H12ClN/c16-15-5-1-4-13-12(6-7-14(13)15)9-11-3-2-8-17-10-11/h1-5,8-10H,6-7H2/b12-9+. The summed E-state index contributed by atoms with van der Waals surface area (Å²) in [6.07, 6.45) is 7.99. The van der Waals surface area contributed by atoms with Crippen molar-refractivity contribution in [2.24, 2.45) is 0 Å². The molecule has 2 aromatic rings. The molecule has 0 amide bonds. The van der Waals surface area contributed by atoms with Crippen molar-refractivity contribution >= 4 is 23.3 Å². The van der Waals surface area contributed by atoms with Crippen LogP contribution in [-0.4, -0.2) is 4.98 Å². The van der Waals surface area contributed by atoms with Crippen molar-refractivity contribution in [1.29, 1.82) is 0 Å². The quantitative estimate of drug-likeness (QED) is 0.728. The number of hydrogen-bond acceptors (Lipinski definition) is 1. The lowest BCUT2D eigenvalue weighted by atomic mass is 10.1. The zero-order chi connectivity index (χ0) is 11.7. The maximum atomic E-state index is 6.20. The number of fused-ring (bicyclic) bond motifs is 1. The Morgan fingerprint density at radius 3 is 2.88 bits per heavy atom. The summed E-state index contributed by atoms with van der Waals surface area (Å²) in [7, 11) is 0. The van der Waals surface area contributed by atoms with Crippen LogP contribution in [0.1, 0.15) is 23.1 Å². The first-order valence-electron chi connectivity index (χ1n) is 5.73. The molecular formula is C15H12ClN. The van der Waals surface area contributed by atoms with Crippen LogP contribution in [0.5, 0.6) is 0 Å². The molecule has 1 heterocycles. The number of nitrogens with zero attached hydrogens (tertiary/aromatic N) is 1. The van der Waals surface area contributed by atoms with Gasteiger partial charge in [-0.05, 0) is 53.3 Å². The third-order valence-corrected chi connectivity index (χ3v) is 3.49. The summed E-state index contributed by atoms with van der Waals surface area (Å²) < 4.78 is 0. The molecule has 84 valence electrons. The van der Waals surface area contributed by atoms with Crippen LogP contribution >= 0.6 is 11.6 Å². The smallest absolute Gasteiger partial charge is 0.0444 e. The van der Waals surface area contributed by atoms with Crippen LogP contribution in [0, 0.1) is 0 Å². The van der Waals surface area contributed by atoms with Crippen molar-refractivity contribution in [2.45, 2.75) is 12.8 Å². The summed E-state index contributed by atoms with van der Waals surface area (Å²) >= 11 is 6.20. The van der Waals surface area contributed by atoms with Gasteiger partial charge < -0.3 is 0 Å². The molecule has 0 spiro atoms. The van der Waals surface area contributed by atoms with Gasteiger partial charge in [-0.2, -0.15) is 0 Å². The second-order valence-corrected chi connectivity index (χ2v) is 4.63. The van der Waals surface area contributed by atoms with Gasteiger partial charge >= 0.3 is 0 Å². The van der Waals surface area contributed by atoms with Crippen molar-refractivity contribution in [2.75, 3.05) is 0 Å². The Morgan fingerprint density at radius 1 is 1.12 bits per heavy atom. The zero-order valence-electron chi connectivity index (χ0n) is 9.36. The van der Waals surface area contributed by atoms with Crippen LogP contribution in [0.15, 0.2) is 42.7 Å². The van der Waals surface area contributed by atoms with Crippen molar-refractivity contribution in [3.05, 3.63) is 64.4 Å². The Hall–Kier alpha value is -1.60. The van der Waals surface area contributed by atoms with E-state index < -0.39 is 0 Å². The lowest BCUT2D eigenvalue weighted by molar-refractivity contribution is 1.08. The van der Waals surface area contributed by atoms with Crippen LogP contribution in [0.2, 0.25) is 5.02 Å². The van der Waals surface area contributed by atoms with Crippen LogP contribution in [-0.2, 0) is 6.42 Å². The van der Waals surface area contributed by atoms with Gasteiger partial charge in [0, 0.05) is 17.4 Å². The molecule has 1 nitrogen and oxygen atoms in total. The summed E-state index contributed by atoms with van der Waals surface area (Å²) in [6, 6.07) is 10.2. The van der Waals surface area contributed by atoms with Gasteiger partial charge in [0.2, 0.25) is 0 Å². The number of benzene rings is 1. The summed E-state index contributed by atoms with van der Waals surface area (Å²) in [4.78, 5) is 4.13. The van der Waals surface area contributed by atoms with Crippen LogP contribution in [0.3, 0.4) is 0 Å². The summed E-state index contributed by atoms with van der Waals surface area (Å²) in [6.45, 7) is 0. The third kappa shape index (κ3) is 1.98. The Balaban J connectivity index is 2.05. The molecule has 0 fully saturated rings. The molecule has 0 aliphatic heterocycles. The molecule has 0 radical (unpaired) electrons. The lowest BCUT2D eigenvalue weighted by Crippen LogP contribution is -1.82. The van der Waals surface area contributed by atoms with Gasteiger partial charge in [0.15, 0.2) is 0 Å². The molecule has 1 aliphatic rings. The molecule has 1 aliphatic carbocycles. The van der Waals surface area contributed by atoms with Crippen LogP contribution in [0.25, 0.3) is 11.6 Å². The molecule has 0 saturated carbocycles. The number of pyridine rings is 1. The fraction of sp³-hybridized carbons (Fsp3) is 0.133. The zero-order valence-corrected chi connectivity index (χ0v) is 10.1. The Labute approximate surface area is 106 Å². The predicted molar refractivity (Wildman–Crippen MR) is 71.9 cm³/mol. The first-order valence-corrected chi connectivity index (χ1v) is 6.11. The highest BCUT2D eigenvalue weighted by atomic mass is 35.5. The SMILES string of the molecule is Clc1cccc2c1CC/C2=C\c1cccnc1. The van der Waals surface area contributed by atoms with Crippen molar-refractivity contribution < 1.29 is 0 Å². The molecule has 0 atom stereocenters. The average Bonchev–Trinajstić information content (AvgIpc) is 2.76. The second-order valence-electron chi connectivity index (χ2n) is 4.22. The monoisotopic (exact) mass is 241 g/mol. The molecule has 0 bridgehead atoms. The summed E-state index contributed by atoms with van der Waals surface area (Å²) in [5, 5.41) is 0.886. The summed E-state index contributed by atoms with van der Waals surface area (Å²) in [5.41, 5.74) is 5.08. The normalized spacial score (nSPS) is 16.2.